The molecule has 0 fully saturated rings. The van der Waals surface area contributed by atoms with Crippen LogP contribution in [0.25, 0.3) is 16.9 Å². The van der Waals surface area contributed by atoms with Gasteiger partial charge in [-0.25, -0.2) is 9.07 Å². The van der Waals surface area contributed by atoms with Crippen molar-refractivity contribution in [3.05, 3.63) is 89.9 Å². The van der Waals surface area contributed by atoms with E-state index in [2.05, 4.69) is 16.7 Å². The van der Waals surface area contributed by atoms with Gasteiger partial charge in [-0.3, -0.25) is 4.79 Å². The highest BCUT2D eigenvalue weighted by Crippen LogP contribution is 2.30. The van der Waals surface area contributed by atoms with Gasteiger partial charge in [-0.2, -0.15) is 5.10 Å². The number of benzene rings is 3. The molecule has 7 heteroatoms. The van der Waals surface area contributed by atoms with Crippen molar-refractivity contribution in [1.29, 1.82) is 0 Å². The molecule has 4 rings (SSSR count). The lowest BCUT2D eigenvalue weighted by Crippen LogP contribution is -2.07. The molecule has 33 heavy (non-hydrogen) atoms. The number of nitrogens with zero attached hydrogens (tertiary/aromatic N) is 2. The van der Waals surface area contributed by atoms with Crippen LogP contribution in [-0.4, -0.2) is 22.8 Å². The first kappa shape index (κ1) is 22.1. The second kappa shape index (κ2) is 9.56. The molecule has 0 atom stereocenters. The summed E-state index contributed by atoms with van der Waals surface area (Å²) >= 11 is 0. The zero-order valence-electron chi connectivity index (χ0n) is 18.7. The van der Waals surface area contributed by atoms with Crippen LogP contribution >= 0.6 is 0 Å². The quantitative estimate of drug-likeness (QED) is 0.391. The van der Waals surface area contributed by atoms with Gasteiger partial charge in [0.05, 0.1) is 24.2 Å². The Balaban J connectivity index is 1.65. The van der Waals surface area contributed by atoms with Crippen LogP contribution in [0.5, 0.6) is 5.75 Å². The standard InChI is InChI=1S/C26H25FN4O2/c1-17-5-4-6-19(13-17)26-20(16-31(30-26)23-10-7-21(27)8-11-23)15-28-22-9-12-24(29-18(2)32)25(14-22)33-3/h4-14,16,28H,15H2,1-3H3,(H,29,32). The average molecular weight is 445 g/mol. The Morgan fingerprint density at radius 3 is 2.58 bits per heavy atom. The highest BCUT2D eigenvalue weighted by Gasteiger charge is 2.14. The first-order valence-electron chi connectivity index (χ1n) is 10.5. The lowest BCUT2D eigenvalue weighted by Gasteiger charge is -2.12. The fraction of sp³-hybridized carbons (Fsp3) is 0.154. The van der Waals surface area contributed by atoms with Gasteiger partial charge in [-0.05, 0) is 49.4 Å². The maximum Gasteiger partial charge on any atom is 0.221 e. The predicted molar refractivity (Wildman–Crippen MR) is 128 cm³/mol. The second-order valence-corrected chi connectivity index (χ2v) is 7.74. The summed E-state index contributed by atoms with van der Waals surface area (Å²) in [6.45, 7) is 4.01. The topological polar surface area (TPSA) is 68.2 Å². The molecule has 1 aromatic heterocycles. The van der Waals surface area contributed by atoms with Crippen LogP contribution in [0, 0.1) is 12.7 Å². The molecule has 1 amide bonds. The van der Waals surface area contributed by atoms with E-state index in [1.165, 1.54) is 19.1 Å². The average Bonchev–Trinajstić information content (AvgIpc) is 3.23. The van der Waals surface area contributed by atoms with E-state index in [0.29, 0.717) is 18.0 Å². The highest BCUT2D eigenvalue weighted by atomic mass is 19.1. The van der Waals surface area contributed by atoms with Gasteiger partial charge in [-0.1, -0.05) is 23.8 Å². The van der Waals surface area contributed by atoms with E-state index in [0.717, 1.165) is 33.8 Å². The van der Waals surface area contributed by atoms with Crippen LogP contribution in [0.4, 0.5) is 15.8 Å². The van der Waals surface area contributed by atoms with Crippen LogP contribution < -0.4 is 15.4 Å². The SMILES string of the molecule is COc1cc(NCc2cn(-c3ccc(F)cc3)nc2-c2cccc(C)c2)ccc1NC(C)=O. The first-order valence-corrected chi connectivity index (χ1v) is 10.5. The molecule has 168 valence electrons. The number of hydrogen-bond donors (Lipinski definition) is 2. The van der Waals surface area contributed by atoms with Crippen LogP contribution in [0.1, 0.15) is 18.1 Å². The number of amides is 1. The van der Waals surface area contributed by atoms with Gasteiger partial charge in [0.1, 0.15) is 11.6 Å². The third-order valence-electron chi connectivity index (χ3n) is 5.17. The number of carbonyl (C=O) groups excluding carboxylic acids is 1. The number of hydrogen-bond acceptors (Lipinski definition) is 4. The van der Waals surface area contributed by atoms with E-state index in [4.69, 9.17) is 9.84 Å². The van der Waals surface area contributed by atoms with Gasteiger partial charge < -0.3 is 15.4 Å². The molecule has 3 aromatic carbocycles. The van der Waals surface area contributed by atoms with E-state index in [1.807, 2.05) is 43.5 Å². The highest BCUT2D eigenvalue weighted by molar-refractivity contribution is 5.90. The van der Waals surface area contributed by atoms with Gasteiger partial charge in [-0.15, -0.1) is 0 Å². The molecule has 0 saturated heterocycles. The Labute approximate surface area is 192 Å². The molecule has 0 aliphatic rings. The lowest BCUT2D eigenvalue weighted by molar-refractivity contribution is -0.114. The molecule has 0 unspecified atom stereocenters. The van der Waals surface area contributed by atoms with E-state index >= 15 is 0 Å². The minimum absolute atomic E-state index is 0.162. The summed E-state index contributed by atoms with van der Waals surface area (Å²) in [6, 6.07) is 19.9. The minimum Gasteiger partial charge on any atom is -0.494 e. The molecule has 0 bridgehead atoms. The smallest absolute Gasteiger partial charge is 0.221 e. The fourth-order valence-electron chi connectivity index (χ4n) is 3.59. The summed E-state index contributed by atoms with van der Waals surface area (Å²) in [5.74, 6) is 0.115. The Morgan fingerprint density at radius 1 is 1.09 bits per heavy atom. The molecule has 0 spiro atoms. The summed E-state index contributed by atoms with van der Waals surface area (Å²) in [6.07, 6.45) is 1.95. The Hall–Kier alpha value is -4.13. The number of ether oxygens (including phenoxy) is 1. The molecule has 0 aliphatic heterocycles. The zero-order valence-corrected chi connectivity index (χ0v) is 18.7. The van der Waals surface area contributed by atoms with Crippen molar-refractivity contribution in [3.8, 4) is 22.7 Å². The van der Waals surface area contributed by atoms with Crippen molar-refractivity contribution in [2.45, 2.75) is 20.4 Å². The molecule has 0 saturated carbocycles. The number of aryl methyl sites for hydroxylation is 1. The van der Waals surface area contributed by atoms with Gasteiger partial charge in [0.15, 0.2) is 0 Å². The van der Waals surface area contributed by atoms with E-state index in [-0.39, 0.29) is 11.7 Å². The summed E-state index contributed by atoms with van der Waals surface area (Å²) in [5.41, 5.74) is 6.20. The molecular weight excluding hydrogens is 419 g/mol. The maximum atomic E-state index is 13.4. The number of aromatic nitrogens is 2. The van der Waals surface area contributed by atoms with Crippen LogP contribution in [-0.2, 0) is 11.3 Å². The van der Waals surface area contributed by atoms with Crippen LogP contribution in [0.2, 0.25) is 0 Å². The van der Waals surface area contributed by atoms with Gasteiger partial charge >= 0.3 is 0 Å². The molecule has 4 aromatic rings. The van der Waals surface area contributed by atoms with Gasteiger partial charge in [0.2, 0.25) is 5.91 Å². The predicted octanol–water partition coefficient (Wildman–Crippen LogP) is 5.57. The molecule has 0 radical (unpaired) electrons. The second-order valence-electron chi connectivity index (χ2n) is 7.74. The summed E-state index contributed by atoms with van der Waals surface area (Å²) in [7, 11) is 1.56. The lowest BCUT2D eigenvalue weighted by atomic mass is 10.1. The van der Waals surface area contributed by atoms with Crippen molar-refractivity contribution in [3.63, 3.8) is 0 Å². The zero-order chi connectivity index (χ0) is 23.4. The maximum absolute atomic E-state index is 13.4. The Morgan fingerprint density at radius 2 is 1.88 bits per heavy atom. The van der Waals surface area contributed by atoms with Gasteiger partial charge in [0.25, 0.3) is 0 Å². The number of rotatable bonds is 7. The largest absolute Gasteiger partial charge is 0.494 e. The third-order valence-corrected chi connectivity index (χ3v) is 5.17. The number of halogens is 1. The monoisotopic (exact) mass is 444 g/mol. The minimum atomic E-state index is -0.289. The number of anilines is 2. The number of methoxy groups -OCH3 is 1. The molecule has 2 N–H and O–H groups in total. The number of carbonyl (C=O) groups is 1. The van der Waals surface area contributed by atoms with E-state index in [1.54, 1.807) is 30.0 Å². The first-order chi connectivity index (χ1) is 15.9. The van der Waals surface area contributed by atoms with Crippen LogP contribution in [0.3, 0.4) is 0 Å². The normalized spacial score (nSPS) is 10.7. The van der Waals surface area contributed by atoms with Crippen LogP contribution in [0.15, 0.2) is 72.9 Å². The van der Waals surface area contributed by atoms with Gasteiger partial charge in [0, 0.05) is 42.5 Å². The molecule has 0 aliphatic carbocycles. The molecular formula is C26H25FN4O2. The van der Waals surface area contributed by atoms with Crippen molar-refractivity contribution in [2.75, 3.05) is 17.7 Å². The third kappa shape index (κ3) is 5.20. The summed E-state index contributed by atoms with van der Waals surface area (Å²) in [5, 5.41) is 11.0. The van der Waals surface area contributed by atoms with Crippen molar-refractivity contribution >= 4 is 17.3 Å². The van der Waals surface area contributed by atoms with Crippen molar-refractivity contribution in [2.24, 2.45) is 0 Å². The molecule has 6 nitrogen and oxygen atoms in total. The summed E-state index contributed by atoms with van der Waals surface area (Å²) in [4.78, 5) is 11.4. The summed E-state index contributed by atoms with van der Waals surface area (Å²) < 4.78 is 20.6. The number of nitrogens with one attached hydrogen (secondary N) is 2. The van der Waals surface area contributed by atoms with E-state index in [9.17, 15) is 9.18 Å². The fourth-order valence-corrected chi connectivity index (χ4v) is 3.59. The Kier molecular flexibility index (Phi) is 6.40. The molecule has 1 heterocycles. The Bertz CT molecular complexity index is 1280. The van der Waals surface area contributed by atoms with E-state index < -0.39 is 0 Å². The van der Waals surface area contributed by atoms with Crippen molar-refractivity contribution < 1.29 is 13.9 Å². The van der Waals surface area contributed by atoms with Crippen molar-refractivity contribution in [1.82, 2.24) is 9.78 Å².